The van der Waals surface area contributed by atoms with Crippen LogP contribution in [0.5, 0.6) is 0 Å². The molecular weight excluding hydrogens is 210 g/mol. The fourth-order valence-electron chi connectivity index (χ4n) is 2.95. The number of hydrogen-bond donors (Lipinski definition) is 1. The van der Waals surface area contributed by atoms with Crippen LogP contribution in [-0.2, 0) is 0 Å². The minimum atomic E-state index is 0.737. The highest BCUT2D eigenvalue weighted by atomic mass is 15.2. The lowest BCUT2D eigenvalue weighted by Gasteiger charge is -2.22. The summed E-state index contributed by atoms with van der Waals surface area (Å²) in [4.78, 5) is 4.95. The molecule has 2 rings (SSSR count). The van der Waals surface area contributed by atoms with Gasteiger partial charge in [-0.15, -0.1) is 0 Å². The number of hydrogen-bond acceptors (Lipinski definition) is 3. The normalized spacial score (nSPS) is 27.9. The first kappa shape index (κ1) is 13.3. The van der Waals surface area contributed by atoms with Gasteiger partial charge in [0.15, 0.2) is 0 Å². The van der Waals surface area contributed by atoms with Crippen molar-refractivity contribution in [3.63, 3.8) is 0 Å². The van der Waals surface area contributed by atoms with E-state index in [0.29, 0.717) is 0 Å². The molecule has 0 aromatic carbocycles. The third kappa shape index (κ3) is 4.57. The summed E-state index contributed by atoms with van der Waals surface area (Å²) in [5.74, 6) is 1.87. The van der Waals surface area contributed by atoms with Crippen molar-refractivity contribution >= 4 is 0 Å². The SMILES string of the molecule is CC(NCCN(C)CC1CCN(C)C1)C1CC1. The summed E-state index contributed by atoms with van der Waals surface area (Å²) in [7, 11) is 4.50. The molecule has 2 aliphatic rings. The summed E-state index contributed by atoms with van der Waals surface area (Å²) in [5.41, 5.74) is 0. The summed E-state index contributed by atoms with van der Waals surface area (Å²) >= 11 is 0. The molecule has 0 aromatic rings. The summed E-state index contributed by atoms with van der Waals surface area (Å²) in [6, 6.07) is 0.737. The largest absolute Gasteiger partial charge is 0.313 e. The molecular formula is C14H29N3. The molecule has 0 radical (unpaired) electrons. The Bertz CT molecular complexity index is 228. The van der Waals surface area contributed by atoms with Gasteiger partial charge in [-0.25, -0.2) is 0 Å². The van der Waals surface area contributed by atoms with Crippen LogP contribution >= 0.6 is 0 Å². The first-order chi connectivity index (χ1) is 8.15. The standard InChI is InChI=1S/C14H29N3/c1-12(14-4-5-14)15-7-9-17(3)11-13-6-8-16(2)10-13/h12-15H,4-11H2,1-3H3. The van der Waals surface area contributed by atoms with Gasteiger partial charge >= 0.3 is 0 Å². The Morgan fingerprint density at radius 2 is 2.12 bits per heavy atom. The second kappa shape index (κ2) is 6.17. The predicted octanol–water partition coefficient (Wildman–Crippen LogP) is 1.26. The first-order valence-electron chi connectivity index (χ1n) is 7.25. The van der Waals surface area contributed by atoms with Crippen molar-refractivity contribution < 1.29 is 0 Å². The van der Waals surface area contributed by atoms with Gasteiger partial charge in [0, 0.05) is 32.2 Å². The number of likely N-dealkylation sites (tertiary alicyclic amines) is 1. The monoisotopic (exact) mass is 239 g/mol. The molecule has 1 N–H and O–H groups in total. The fraction of sp³-hybridized carbons (Fsp3) is 1.00. The fourth-order valence-corrected chi connectivity index (χ4v) is 2.95. The van der Waals surface area contributed by atoms with Gasteiger partial charge < -0.3 is 15.1 Å². The predicted molar refractivity (Wildman–Crippen MR) is 73.3 cm³/mol. The number of rotatable bonds is 7. The quantitative estimate of drug-likeness (QED) is 0.721. The average Bonchev–Trinajstić information content (AvgIpc) is 3.04. The van der Waals surface area contributed by atoms with Gasteiger partial charge in [0.2, 0.25) is 0 Å². The van der Waals surface area contributed by atoms with E-state index in [4.69, 9.17) is 0 Å². The van der Waals surface area contributed by atoms with E-state index in [-0.39, 0.29) is 0 Å². The van der Waals surface area contributed by atoms with Crippen molar-refractivity contribution in [1.82, 2.24) is 15.1 Å². The lowest BCUT2D eigenvalue weighted by atomic mass is 10.1. The van der Waals surface area contributed by atoms with Gasteiger partial charge in [-0.2, -0.15) is 0 Å². The van der Waals surface area contributed by atoms with Gasteiger partial charge in [0.25, 0.3) is 0 Å². The molecule has 0 aromatic heterocycles. The third-order valence-corrected chi connectivity index (χ3v) is 4.35. The Labute approximate surface area is 107 Å². The molecule has 2 atom stereocenters. The molecule has 2 fully saturated rings. The van der Waals surface area contributed by atoms with Crippen LogP contribution in [0.1, 0.15) is 26.2 Å². The summed E-state index contributed by atoms with van der Waals surface area (Å²) < 4.78 is 0. The van der Waals surface area contributed by atoms with Gasteiger partial charge in [0.1, 0.15) is 0 Å². The Kier molecular flexibility index (Phi) is 4.83. The van der Waals surface area contributed by atoms with Crippen molar-refractivity contribution in [2.24, 2.45) is 11.8 Å². The second-order valence-corrected chi connectivity index (χ2v) is 6.26. The minimum Gasteiger partial charge on any atom is -0.313 e. The zero-order chi connectivity index (χ0) is 12.3. The molecule has 1 saturated heterocycles. The summed E-state index contributed by atoms with van der Waals surface area (Å²) in [6.45, 7) is 8.52. The smallest absolute Gasteiger partial charge is 0.0104 e. The Balaban J connectivity index is 1.52. The lowest BCUT2D eigenvalue weighted by molar-refractivity contribution is 0.269. The van der Waals surface area contributed by atoms with Gasteiger partial charge in [0.05, 0.1) is 0 Å². The molecule has 0 bridgehead atoms. The van der Waals surface area contributed by atoms with E-state index < -0.39 is 0 Å². The molecule has 2 unspecified atom stereocenters. The van der Waals surface area contributed by atoms with Crippen molar-refractivity contribution in [2.45, 2.75) is 32.2 Å². The zero-order valence-corrected chi connectivity index (χ0v) is 11.8. The molecule has 17 heavy (non-hydrogen) atoms. The highest BCUT2D eigenvalue weighted by Gasteiger charge is 2.27. The van der Waals surface area contributed by atoms with E-state index in [0.717, 1.165) is 24.4 Å². The van der Waals surface area contributed by atoms with E-state index in [1.54, 1.807) is 0 Å². The van der Waals surface area contributed by atoms with E-state index in [2.05, 4.69) is 36.1 Å². The first-order valence-corrected chi connectivity index (χ1v) is 7.25. The van der Waals surface area contributed by atoms with E-state index in [1.165, 1.54) is 45.4 Å². The maximum atomic E-state index is 3.66. The maximum Gasteiger partial charge on any atom is 0.0104 e. The highest BCUT2D eigenvalue weighted by Crippen LogP contribution is 2.32. The number of nitrogens with one attached hydrogen (secondary N) is 1. The van der Waals surface area contributed by atoms with Crippen molar-refractivity contribution in [1.29, 1.82) is 0 Å². The minimum absolute atomic E-state index is 0.737. The van der Waals surface area contributed by atoms with E-state index in [1.807, 2.05) is 0 Å². The topological polar surface area (TPSA) is 18.5 Å². The molecule has 100 valence electrons. The lowest BCUT2D eigenvalue weighted by Crippen LogP contribution is -2.37. The Morgan fingerprint density at radius 3 is 2.71 bits per heavy atom. The Hall–Kier alpha value is -0.120. The van der Waals surface area contributed by atoms with E-state index in [9.17, 15) is 0 Å². The molecule has 1 aliphatic heterocycles. The third-order valence-electron chi connectivity index (χ3n) is 4.35. The summed E-state index contributed by atoms with van der Waals surface area (Å²) in [6.07, 6.45) is 4.27. The molecule has 0 spiro atoms. The second-order valence-electron chi connectivity index (χ2n) is 6.26. The van der Waals surface area contributed by atoms with Crippen molar-refractivity contribution in [3.8, 4) is 0 Å². The molecule has 1 aliphatic carbocycles. The maximum absolute atomic E-state index is 3.66. The highest BCUT2D eigenvalue weighted by molar-refractivity contribution is 4.83. The van der Waals surface area contributed by atoms with Crippen LogP contribution in [0.25, 0.3) is 0 Å². The number of nitrogens with zero attached hydrogens (tertiary/aromatic N) is 2. The van der Waals surface area contributed by atoms with Crippen LogP contribution in [0.4, 0.5) is 0 Å². The molecule has 1 heterocycles. The molecule has 0 amide bonds. The zero-order valence-electron chi connectivity index (χ0n) is 11.8. The van der Waals surface area contributed by atoms with Crippen LogP contribution in [0.15, 0.2) is 0 Å². The van der Waals surface area contributed by atoms with Gasteiger partial charge in [-0.05, 0) is 58.7 Å². The van der Waals surface area contributed by atoms with Crippen LogP contribution < -0.4 is 5.32 Å². The number of likely N-dealkylation sites (N-methyl/N-ethyl adjacent to an activating group) is 1. The van der Waals surface area contributed by atoms with Crippen molar-refractivity contribution in [3.05, 3.63) is 0 Å². The molecule has 3 heteroatoms. The molecule has 1 saturated carbocycles. The Morgan fingerprint density at radius 1 is 1.35 bits per heavy atom. The van der Waals surface area contributed by atoms with E-state index >= 15 is 0 Å². The molecule has 3 nitrogen and oxygen atoms in total. The van der Waals surface area contributed by atoms with Crippen molar-refractivity contribution in [2.75, 3.05) is 46.8 Å². The van der Waals surface area contributed by atoms with Gasteiger partial charge in [-0.3, -0.25) is 0 Å². The van der Waals surface area contributed by atoms with Crippen LogP contribution in [0.2, 0.25) is 0 Å². The van der Waals surface area contributed by atoms with Crippen LogP contribution in [-0.4, -0.2) is 62.7 Å². The van der Waals surface area contributed by atoms with Crippen LogP contribution in [0.3, 0.4) is 0 Å². The van der Waals surface area contributed by atoms with Crippen LogP contribution in [0, 0.1) is 11.8 Å². The van der Waals surface area contributed by atoms with Gasteiger partial charge in [-0.1, -0.05) is 0 Å². The average molecular weight is 239 g/mol. The summed E-state index contributed by atoms with van der Waals surface area (Å²) in [5, 5.41) is 3.66.